The van der Waals surface area contributed by atoms with E-state index in [9.17, 15) is 20.7 Å². The van der Waals surface area contributed by atoms with E-state index in [-0.39, 0.29) is 40.6 Å². The van der Waals surface area contributed by atoms with E-state index in [4.69, 9.17) is 51.0 Å². The lowest BCUT2D eigenvalue weighted by Gasteiger charge is -2.15. The Labute approximate surface area is 244 Å². The number of hydrogen-bond donors (Lipinski definition) is 3. The maximum atomic E-state index is 13.1. The quantitative estimate of drug-likeness (QED) is 0.212. The van der Waals surface area contributed by atoms with Gasteiger partial charge in [-0.1, -0.05) is 46.9 Å². The predicted molar refractivity (Wildman–Crippen MR) is 151 cm³/mol. The summed E-state index contributed by atoms with van der Waals surface area (Å²) < 4.78 is 68.3. The molecule has 0 fully saturated rings. The first kappa shape index (κ1) is 29.8. The highest BCUT2D eigenvalue weighted by atomic mass is 35.5. The van der Waals surface area contributed by atoms with Crippen molar-refractivity contribution < 1.29 is 25.5 Å². The Balaban J connectivity index is 1.48. The second-order valence-electron chi connectivity index (χ2n) is 8.20. The van der Waals surface area contributed by atoms with E-state index in [2.05, 4.69) is 14.7 Å². The smallest absolute Gasteiger partial charge is 0.332 e. The Bertz CT molecular complexity index is 1810. The Morgan fingerprint density at radius 1 is 0.825 bits per heavy atom. The van der Waals surface area contributed by atoms with Crippen LogP contribution < -0.4 is 20.9 Å². The predicted octanol–water partition coefficient (Wildman–Crippen LogP) is 4.98. The van der Waals surface area contributed by atoms with Crippen molar-refractivity contribution in [3.05, 3.63) is 87.0 Å². The van der Waals surface area contributed by atoms with Crippen LogP contribution in [0.2, 0.25) is 15.1 Å². The summed E-state index contributed by atoms with van der Waals surface area (Å²) in [5.41, 5.74) is 13.8. The maximum absolute atomic E-state index is 13.1. The monoisotopic (exact) mass is 645 g/mol. The van der Waals surface area contributed by atoms with Gasteiger partial charge in [-0.05, 0) is 59.7 Å². The summed E-state index contributed by atoms with van der Waals surface area (Å²) in [6.07, 6.45) is 0. The fourth-order valence-corrected chi connectivity index (χ4v) is 5.61. The van der Waals surface area contributed by atoms with Gasteiger partial charge in [-0.3, -0.25) is 0 Å². The Morgan fingerprint density at radius 3 is 2.12 bits per heavy atom. The molecular formula is C24H19Cl3FN5O5S2. The zero-order chi connectivity index (χ0) is 29.2. The number of hydrogen-bond acceptors (Lipinski definition) is 9. The lowest BCUT2D eigenvalue weighted by molar-refractivity contribution is 0.302. The largest absolute Gasteiger partial charge is 0.486 e. The number of sulfonamides is 1. The van der Waals surface area contributed by atoms with Crippen LogP contribution in [-0.2, 0) is 33.4 Å². The molecule has 40 heavy (non-hydrogen) atoms. The second kappa shape index (κ2) is 11.7. The molecule has 1 heterocycles. The van der Waals surface area contributed by atoms with Gasteiger partial charge in [-0.25, -0.2) is 18.1 Å². The van der Waals surface area contributed by atoms with E-state index in [1.165, 1.54) is 6.07 Å². The number of rotatable bonds is 9. The first-order valence-electron chi connectivity index (χ1n) is 11.1. The third kappa shape index (κ3) is 6.92. The zero-order valence-electron chi connectivity index (χ0n) is 20.1. The van der Waals surface area contributed by atoms with Gasteiger partial charge in [0, 0.05) is 12.1 Å². The minimum absolute atomic E-state index is 0.0606. The number of nitrogen functional groups attached to an aromatic ring is 2. The van der Waals surface area contributed by atoms with Crippen LogP contribution in [0.15, 0.2) is 70.5 Å². The molecule has 5 N–H and O–H groups in total. The molecule has 0 saturated heterocycles. The van der Waals surface area contributed by atoms with Crippen molar-refractivity contribution >= 4 is 66.8 Å². The number of anilines is 2. The van der Waals surface area contributed by atoms with Crippen molar-refractivity contribution in [2.75, 3.05) is 11.5 Å². The summed E-state index contributed by atoms with van der Waals surface area (Å²) >= 11 is 18.5. The number of nitrogens with zero attached hydrogens (tertiary/aromatic N) is 2. The van der Waals surface area contributed by atoms with Gasteiger partial charge in [-0.15, -0.1) is 3.89 Å². The Morgan fingerprint density at radius 2 is 1.50 bits per heavy atom. The SMILES string of the molecule is Nc1nc(N)c(-c2ccc(Cl)c(Cl)c2)c(COc2ccc(CNS(=O)(=O)c3ccc(S(=O)(=O)F)cc3)cc2Cl)n1. The molecule has 0 amide bonds. The van der Waals surface area contributed by atoms with Gasteiger partial charge in [0.05, 0.1) is 30.6 Å². The number of ether oxygens (including phenoxy) is 1. The van der Waals surface area contributed by atoms with Gasteiger partial charge in [-0.2, -0.15) is 13.4 Å². The molecule has 0 saturated carbocycles. The molecule has 0 atom stereocenters. The molecule has 16 heteroatoms. The van der Waals surface area contributed by atoms with Crippen LogP contribution in [0.5, 0.6) is 5.75 Å². The first-order valence-corrected chi connectivity index (χ1v) is 15.1. The van der Waals surface area contributed by atoms with Crippen LogP contribution in [0, 0.1) is 0 Å². The number of benzene rings is 3. The molecule has 0 aliphatic carbocycles. The summed E-state index contributed by atoms with van der Waals surface area (Å²) in [7, 11) is -8.98. The van der Waals surface area contributed by atoms with E-state index in [1.54, 1.807) is 30.3 Å². The van der Waals surface area contributed by atoms with E-state index < -0.39 is 25.1 Å². The van der Waals surface area contributed by atoms with Gasteiger partial charge in [0.15, 0.2) is 0 Å². The molecule has 0 aliphatic heterocycles. The highest BCUT2D eigenvalue weighted by Crippen LogP contribution is 2.34. The van der Waals surface area contributed by atoms with Gasteiger partial charge in [0.25, 0.3) is 0 Å². The third-order valence-corrected chi connectivity index (χ3v) is 8.77. The van der Waals surface area contributed by atoms with Gasteiger partial charge in [0.2, 0.25) is 16.0 Å². The number of halogens is 4. The molecule has 4 rings (SSSR count). The topological polar surface area (TPSA) is 167 Å². The summed E-state index contributed by atoms with van der Waals surface area (Å²) in [6.45, 7) is -0.241. The van der Waals surface area contributed by atoms with Crippen LogP contribution in [0.1, 0.15) is 11.3 Å². The minimum atomic E-state index is -4.95. The van der Waals surface area contributed by atoms with E-state index in [0.717, 1.165) is 24.3 Å². The van der Waals surface area contributed by atoms with Crippen molar-refractivity contribution in [1.29, 1.82) is 0 Å². The van der Waals surface area contributed by atoms with Crippen LogP contribution in [0.25, 0.3) is 11.1 Å². The summed E-state index contributed by atoms with van der Waals surface area (Å²) in [5, 5.41) is 0.846. The summed E-state index contributed by atoms with van der Waals surface area (Å²) in [6, 6.07) is 13.2. The summed E-state index contributed by atoms with van der Waals surface area (Å²) in [4.78, 5) is 7.36. The highest BCUT2D eigenvalue weighted by Gasteiger charge is 2.19. The standard InChI is InChI=1S/C24H19Cl3FN5O5S2/c25-17-7-2-14(10-18(17)26)22-20(32-24(30)33-23(22)29)12-38-21-8-1-13(9-19(21)27)11-31-40(36,37)16-5-3-15(4-6-16)39(28,34)35/h1-10,31H,11-12H2,(H4,29,30,32,33). The Hall–Kier alpha value is -3.20. The lowest BCUT2D eigenvalue weighted by Crippen LogP contribution is -2.23. The van der Waals surface area contributed by atoms with Crippen molar-refractivity contribution in [2.45, 2.75) is 22.9 Å². The molecule has 4 aromatic rings. The molecule has 0 aliphatic rings. The van der Waals surface area contributed by atoms with Crippen LogP contribution >= 0.6 is 34.8 Å². The molecule has 0 spiro atoms. The van der Waals surface area contributed by atoms with E-state index in [1.807, 2.05) is 0 Å². The van der Waals surface area contributed by atoms with Crippen molar-refractivity contribution in [3.63, 3.8) is 0 Å². The van der Waals surface area contributed by atoms with Crippen molar-refractivity contribution in [3.8, 4) is 16.9 Å². The molecule has 3 aromatic carbocycles. The zero-order valence-corrected chi connectivity index (χ0v) is 24.0. The number of aromatic nitrogens is 2. The van der Waals surface area contributed by atoms with Crippen molar-refractivity contribution in [2.24, 2.45) is 0 Å². The van der Waals surface area contributed by atoms with Crippen LogP contribution in [0.4, 0.5) is 15.7 Å². The highest BCUT2D eigenvalue weighted by molar-refractivity contribution is 7.89. The van der Waals surface area contributed by atoms with Crippen molar-refractivity contribution in [1.82, 2.24) is 14.7 Å². The first-order chi connectivity index (χ1) is 18.7. The molecule has 0 unspecified atom stereocenters. The summed E-state index contributed by atoms with van der Waals surface area (Å²) in [5.74, 6) is 0.320. The van der Waals surface area contributed by atoms with Crippen LogP contribution in [-0.4, -0.2) is 26.8 Å². The second-order valence-corrected chi connectivity index (χ2v) is 12.5. The van der Waals surface area contributed by atoms with E-state index in [0.29, 0.717) is 32.4 Å². The average molecular weight is 647 g/mol. The van der Waals surface area contributed by atoms with Gasteiger partial charge >= 0.3 is 10.2 Å². The third-order valence-electron chi connectivity index (χ3n) is 5.48. The Kier molecular flexibility index (Phi) is 8.73. The molecule has 0 bridgehead atoms. The molecule has 210 valence electrons. The fraction of sp³-hybridized carbons (Fsp3) is 0.0833. The fourth-order valence-electron chi connectivity index (χ4n) is 3.58. The molecular weight excluding hydrogens is 628 g/mol. The average Bonchev–Trinajstić information content (AvgIpc) is 2.88. The number of nitrogens with one attached hydrogen (secondary N) is 1. The lowest BCUT2D eigenvalue weighted by atomic mass is 10.0. The van der Waals surface area contributed by atoms with Gasteiger partial charge in [0.1, 0.15) is 18.2 Å². The van der Waals surface area contributed by atoms with E-state index >= 15 is 0 Å². The maximum Gasteiger partial charge on any atom is 0.332 e. The molecule has 10 nitrogen and oxygen atoms in total. The van der Waals surface area contributed by atoms with Crippen LogP contribution in [0.3, 0.4) is 0 Å². The molecule has 1 aromatic heterocycles. The minimum Gasteiger partial charge on any atom is -0.486 e. The number of nitrogens with two attached hydrogens (primary N) is 2. The molecule has 0 radical (unpaired) electrons. The van der Waals surface area contributed by atoms with Gasteiger partial charge < -0.3 is 16.2 Å². The normalized spacial score (nSPS) is 11.9.